The number of benzene rings is 3. The summed E-state index contributed by atoms with van der Waals surface area (Å²) >= 11 is 0. The largest absolute Gasteiger partial charge is 0.322 e. The monoisotopic (exact) mass is 332 g/mol. The Labute approximate surface area is 148 Å². The predicted octanol–water partition coefficient (Wildman–Crippen LogP) is 5.01. The van der Waals surface area contributed by atoms with Gasteiger partial charge in [-0.1, -0.05) is 43.8 Å². The summed E-state index contributed by atoms with van der Waals surface area (Å²) < 4.78 is 0. The first-order valence-corrected chi connectivity index (χ1v) is 8.72. The van der Waals surface area contributed by atoms with Crippen LogP contribution in [0.3, 0.4) is 0 Å². The molecule has 0 fully saturated rings. The molecule has 3 aromatic carbocycles. The van der Waals surface area contributed by atoms with Crippen molar-refractivity contribution < 1.29 is 4.79 Å². The highest BCUT2D eigenvalue weighted by Crippen LogP contribution is 2.30. The van der Waals surface area contributed by atoms with E-state index in [1.807, 2.05) is 6.07 Å². The number of anilines is 1. The zero-order valence-corrected chi connectivity index (χ0v) is 14.9. The molecule has 0 aliphatic rings. The van der Waals surface area contributed by atoms with E-state index in [1.54, 1.807) is 6.92 Å². The van der Waals surface area contributed by atoms with Crippen molar-refractivity contribution in [1.29, 1.82) is 0 Å². The summed E-state index contributed by atoms with van der Waals surface area (Å²) in [6.45, 7) is 9.26. The summed E-state index contributed by atoms with van der Waals surface area (Å²) in [7, 11) is 0. The third-order valence-electron chi connectivity index (χ3n) is 4.36. The van der Waals surface area contributed by atoms with Gasteiger partial charge in [0.25, 0.3) is 5.91 Å². The van der Waals surface area contributed by atoms with E-state index in [9.17, 15) is 4.79 Å². The van der Waals surface area contributed by atoms with Crippen LogP contribution < -0.4 is 10.6 Å². The fourth-order valence-corrected chi connectivity index (χ4v) is 3.00. The molecule has 0 aromatic heterocycles. The van der Waals surface area contributed by atoms with Gasteiger partial charge in [-0.2, -0.15) is 0 Å². The molecule has 0 atom stereocenters. The molecule has 0 spiro atoms. The van der Waals surface area contributed by atoms with Crippen LogP contribution in [-0.4, -0.2) is 12.5 Å². The van der Waals surface area contributed by atoms with Crippen molar-refractivity contribution in [1.82, 2.24) is 5.32 Å². The normalized spacial score (nSPS) is 11.0. The molecule has 2 N–H and O–H groups in total. The molecule has 128 valence electrons. The highest BCUT2D eigenvalue weighted by Gasteiger charge is 2.12. The molecule has 0 aliphatic heterocycles. The summed E-state index contributed by atoms with van der Waals surface area (Å²) in [4.78, 5) is 12.1. The van der Waals surface area contributed by atoms with Crippen LogP contribution in [0, 0.1) is 0 Å². The molecule has 1 amide bonds. The minimum atomic E-state index is -0.142. The average molecular weight is 332 g/mol. The number of hydrogen-bond acceptors (Lipinski definition) is 2. The van der Waals surface area contributed by atoms with E-state index in [0.717, 1.165) is 30.8 Å². The number of nitrogens with one attached hydrogen (secondary N) is 2. The molecule has 0 aliphatic carbocycles. The van der Waals surface area contributed by atoms with Crippen molar-refractivity contribution in [3.63, 3.8) is 0 Å². The third-order valence-corrected chi connectivity index (χ3v) is 4.36. The minimum Gasteiger partial charge on any atom is -0.322 e. The van der Waals surface area contributed by atoms with Gasteiger partial charge in [0, 0.05) is 17.8 Å². The summed E-state index contributed by atoms with van der Waals surface area (Å²) in [6, 6.07) is 16.8. The molecule has 0 bridgehead atoms. The van der Waals surface area contributed by atoms with Gasteiger partial charge in [-0.3, -0.25) is 4.79 Å². The number of rotatable bonds is 6. The van der Waals surface area contributed by atoms with Gasteiger partial charge in [0.05, 0.1) is 0 Å². The van der Waals surface area contributed by atoms with Crippen LogP contribution in [0.5, 0.6) is 0 Å². The van der Waals surface area contributed by atoms with Crippen LogP contribution in [0.15, 0.2) is 60.7 Å². The summed E-state index contributed by atoms with van der Waals surface area (Å²) in [5.41, 5.74) is 2.47. The molecular formula is C22H24N2O. The van der Waals surface area contributed by atoms with E-state index in [4.69, 9.17) is 0 Å². The van der Waals surface area contributed by atoms with Gasteiger partial charge in [0.1, 0.15) is 0 Å². The second-order valence-electron chi connectivity index (χ2n) is 6.42. The van der Waals surface area contributed by atoms with Crippen molar-refractivity contribution in [2.75, 3.05) is 11.9 Å². The molecule has 0 saturated carbocycles. The third kappa shape index (κ3) is 3.72. The van der Waals surface area contributed by atoms with E-state index in [-0.39, 0.29) is 5.91 Å². The zero-order chi connectivity index (χ0) is 17.8. The molecule has 0 saturated heterocycles. The highest BCUT2D eigenvalue weighted by atomic mass is 16.1. The summed E-state index contributed by atoms with van der Waals surface area (Å²) in [5.74, 6) is -0.142. The SMILES string of the molecule is C=C(C)C(=O)Nc1ccc2cc3ccccc3cc2c1CNCCC. The summed E-state index contributed by atoms with van der Waals surface area (Å²) in [5, 5.41) is 11.2. The predicted molar refractivity (Wildman–Crippen MR) is 107 cm³/mol. The van der Waals surface area contributed by atoms with E-state index in [1.165, 1.54) is 21.5 Å². The molecular weight excluding hydrogens is 308 g/mol. The first-order valence-electron chi connectivity index (χ1n) is 8.72. The highest BCUT2D eigenvalue weighted by molar-refractivity contribution is 6.06. The van der Waals surface area contributed by atoms with E-state index >= 15 is 0 Å². The molecule has 3 nitrogen and oxygen atoms in total. The number of hydrogen-bond donors (Lipinski definition) is 2. The maximum Gasteiger partial charge on any atom is 0.250 e. The maximum atomic E-state index is 12.1. The molecule has 3 heteroatoms. The van der Waals surface area contributed by atoms with Crippen LogP contribution in [0.1, 0.15) is 25.8 Å². The fraction of sp³-hybridized carbons (Fsp3) is 0.227. The lowest BCUT2D eigenvalue weighted by molar-refractivity contribution is -0.112. The summed E-state index contributed by atoms with van der Waals surface area (Å²) in [6.07, 6.45) is 1.07. The zero-order valence-electron chi connectivity index (χ0n) is 14.9. The first kappa shape index (κ1) is 17.2. The Morgan fingerprint density at radius 2 is 1.76 bits per heavy atom. The Hall–Kier alpha value is -2.65. The first-order chi connectivity index (χ1) is 12.1. The Kier molecular flexibility index (Phi) is 5.15. The van der Waals surface area contributed by atoms with Crippen LogP contribution in [-0.2, 0) is 11.3 Å². The Bertz CT molecular complexity index is 943. The van der Waals surface area contributed by atoms with Crippen molar-refractivity contribution in [2.24, 2.45) is 0 Å². The van der Waals surface area contributed by atoms with Crippen LogP contribution in [0.4, 0.5) is 5.69 Å². The lowest BCUT2D eigenvalue weighted by Gasteiger charge is -2.16. The van der Waals surface area contributed by atoms with Crippen LogP contribution in [0.25, 0.3) is 21.5 Å². The molecule has 3 aromatic rings. The van der Waals surface area contributed by atoms with E-state index in [2.05, 4.69) is 66.6 Å². The molecule has 25 heavy (non-hydrogen) atoms. The minimum absolute atomic E-state index is 0.142. The average Bonchev–Trinajstić information content (AvgIpc) is 2.61. The van der Waals surface area contributed by atoms with Crippen molar-refractivity contribution >= 4 is 33.1 Å². The van der Waals surface area contributed by atoms with Gasteiger partial charge in [-0.15, -0.1) is 0 Å². The Morgan fingerprint density at radius 1 is 1.04 bits per heavy atom. The Balaban J connectivity index is 2.13. The van der Waals surface area contributed by atoms with E-state index in [0.29, 0.717) is 5.57 Å². The fourth-order valence-electron chi connectivity index (χ4n) is 3.00. The van der Waals surface area contributed by atoms with Gasteiger partial charge >= 0.3 is 0 Å². The van der Waals surface area contributed by atoms with Gasteiger partial charge in [-0.25, -0.2) is 0 Å². The lowest BCUT2D eigenvalue weighted by Crippen LogP contribution is -2.18. The smallest absolute Gasteiger partial charge is 0.250 e. The second kappa shape index (κ2) is 7.49. The topological polar surface area (TPSA) is 41.1 Å². The van der Waals surface area contributed by atoms with Gasteiger partial charge < -0.3 is 10.6 Å². The number of fused-ring (bicyclic) bond motifs is 2. The lowest BCUT2D eigenvalue weighted by atomic mass is 9.98. The Morgan fingerprint density at radius 3 is 2.44 bits per heavy atom. The maximum absolute atomic E-state index is 12.1. The quantitative estimate of drug-likeness (QED) is 0.378. The van der Waals surface area contributed by atoms with Gasteiger partial charge in [0.2, 0.25) is 0 Å². The molecule has 0 unspecified atom stereocenters. The van der Waals surface area contributed by atoms with Crippen LogP contribution >= 0.6 is 0 Å². The van der Waals surface area contributed by atoms with Crippen molar-refractivity contribution in [2.45, 2.75) is 26.8 Å². The number of carbonyl (C=O) groups excluding carboxylic acids is 1. The standard InChI is InChI=1S/C22H24N2O/c1-4-11-23-14-20-19-13-17-8-6-5-7-16(17)12-18(19)9-10-21(20)24-22(25)15(2)3/h5-10,12-13,23H,2,4,11,14H2,1,3H3,(H,24,25). The molecule has 0 heterocycles. The molecule has 3 rings (SSSR count). The number of carbonyl (C=O) groups is 1. The van der Waals surface area contributed by atoms with E-state index < -0.39 is 0 Å². The van der Waals surface area contributed by atoms with Gasteiger partial charge in [0.15, 0.2) is 0 Å². The number of amides is 1. The van der Waals surface area contributed by atoms with Crippen LogP contribution in [0.2, 0.25) is 0 Å². The van der Waals surface area contributed by atoms with Crippen molar-refractivity contribution in [3.8, 4) is 0 Å². The van der Waals surface area contributed by atoms with Crippen molar-refractivity contribution in [3.05, 3.63) is 66.2 Å². The second-order valence-corrected chi connectivity index (χ2v) is 6.42. The van der Waals surface area contributed by atoms with Gasteiger partial charge in [-0.05, 0) is 65.2 Å². The molecule has 0 radical (unpaired) electrons.